The molecule has 2 saturated heterocycles. The predicted molar refractivity (Wildman–Crippen MR) is 85.3 cm³/mol. The largest absolute Gasteiger partial charge is 0.469 e. The Hall–Kier alpha value is -0.810. The maximum atomic E-state index is 12.4. The summed E-state index contributed by atoms with van der Waals surface area (Å²) in [5.41, 5.74) is 0.974. The zero-order chi connectivity index (χ0) is 16.0. The molecule has 0 radical (unpaired) electrons. The van der Waals surface area contributed by atoms with Gasteiger partial charge in [0.05, 0.1) is 29.2 Å². The average molecular weight is 344 g/mol. The van der Waals surface area contributed by atoms with Crippen LogP contribution in [0.2, 0.25) is 10.0 Å². The number of aliphatic hydroxyl groups excluding tert-OH is 1. The molecule has 1 N–H and O–H groups in total. The molecule has 0 aliphatic carbocycles. The fraction of sp³-hybridized carbons (Fsp3) is 0.562. The number of halogens is 2. The standard InChI is InChI=1S/C16H19Cl2NO3/c1-19-9-6-10(8-3-4-11(17)12(18)5-8)14(16(21)22-2)15(19)13(20)7-9/h3-5,9-10,13-15,20H,6-7H2,1-2H3/t9?,10-,13?,14-,15?/m0/s1. The van der Waals surface area contributed by atoms with Gasteiger partial charge >= 0.3 is 5.97 Å². The number of hydrogen-bond acceptors (Lipinski definition) is 4. The van der Waals surface area contributed by atoms with Crippen LogP contribution in [-0.2, 0) is 9.53 Å². The lowest BCUT2D eigenvalue weighted by Gasteiger charge is -2.42. The first kappa shape index (κ1) is 16.1. The van der Waals surface area contributed by atoms with Crippen molar-refractivity contribution < 1.29 is 14.6 Å². The quantitative estimate of drug-likeness (QED) is 0.838. The molecule has 120 valence electrons. The second-order valence-electron chi connectivity index (χ2n) is 6.18. The Kier molecular flexibility index (Phi) is 4.38. The zero-order valence-corrected chi connectivity index (χ0v) is 14.0. The van der Waals surface area contributed by atoms with E-state index in [-0.39, 0.29) is 24.0 Å². The van der Waals surface area contributed by atoms with Crippen LogP contribution in [0.5, 0.6) is 0 Å². The topological polar surface area (TPSA) is 49.8 Å². The molecule has 0 amide bonds. The monoisotopic (exact) mass is 343 g/mol. The fourth-order valence-electron chi connectivity index (χ4n) is 4.06. The number of aliphatic hydroxyl groups is 1. The number of esters is 1. The van der Waals surface area contributed by atoms with Gasteiger partial charge in [0.15, 0.2) is 0 Å². The summed E-state index contributed by atoms with van der Waals surface area (Å²) >= 11 is 12.1. The van der Waals surface area contributed by atoms with Gasteiger partial charge in [-0.15, -0.1) is 0 Å². The highest BCUT2D eigenvalue weighted by Gasteiger charge is 2.53. The molecule has 2 fully saturated rings. The van der Waals surface area contributed by atoms with Crippen LogP contribution in [0.15, 0.2) is 18.2 Å². The van der Waals surface area contributed by atoms with Crippen LogP contribution in [0.3, 0.4) is 0 Å². The van der Waals surface area contributed by atoms with Gasteiger partial charge in [-0.3, -0.25) is 9.69 Å². The van der Waals surface area contributed by atoms with Gasteiger partial charge in [-0.1, -0.05) is 29.3 Å². The number of ether oxygens (including phenoxy) is 1. The maximum Gasteiger partial charge on any atom is 0.310 e. The van der Waals surface area contributed by atoms with Gasteiger partial charge in [-0.05, 0) is 37.6 Å². The first-order valence-electron chi connectivity index (χ1n) is 7.36. The van der Waals surface area contributed by atoms with E-state index in [1.54, 1.807) is 6.07 Å². The van der Waals surface area contributed by atoms with Crippen LogP contribution in [0.25, 0.3) is 0 Å². The van der Waals surface area contributed by atoms with E-state index in [0.717, 1.165) is 12.0 Å². The molecule has 6 heteroatoms. The summed E-state index contributed by atoms with van der Waals surface area (Å²) in [5, 5.41) is 11.3. The van der Waals surface area contributed by atoms with E-state index in [4.69, 9.17) is 27.9 Å². The molecule has 2 bridgehead atoms. The number of rotatable bonds is 2. The van der Waals surface area contributed by atoms with Gasteiger partial charge in [-0.2, -0.15) is 0 Å². The van der Waals surface area contributed by atoms with Gasteiger partial charge in [0, 0.05) is 18.0 Å². The minimum absolute atomic E-state index is 0.0226. The molecule has 0 aromatic heterocycles. The minimum atomic E-state index is -0.508. The van der Waals surface area contributed by atoms with Crippen LogP contribution in [0.4, 0.5) is 0 Å². The van der Waals surface area contributed by atoms with Gasteiger partial charge < -0.3 is 9.84 Å². The van der Waals surface area contributed by atoms with Crippen LogP contribution in [-0.4, -0.2) is 48.3 Å². The first-order chi connectivity index (χ1) is 10.4. The van der Waals surface area contributed by atoms with E-state index in [0.29, 0.717) is 16.5 Å². The lowest BCUT2D eigenvalue weighted by molar-refractivity contribution is -0.151. The summed E-state index contributed by atoms with van der Waals surface area (Å²) in [5.74, 6) is -0.709. The Morgan fingerprint density at radius 2 is 2.05 bits per heavy atom. The van der Waals surface area contributed by atoms with Crippen molar-refractivity contribution in [3.63, 3.8) is 0 Å². The molecule has 0 spiro atoms. The Morgan fingerprint density at radius 3 is 2.68 bits per heavy atom. The summed E-state index contributed by atoms with van der Waals surface area (Å²) in [6.45, 7) is 0. The summed E-state index contributed by atoms with van der Waals surface area (Å²) < 4.78 is 5.01. The van der Waals surface area contributed by atoms with Gasteiger partial charge in [-0.25, -0.2) is 0 Å². The van der Waals surface area contributed by atoms with Crippen LogP contribution >= 0.6 is 23.2 Å². The molecule has 2 aliphatic rings. The van der Waals surface area contributed by atoms with Crippen molar-refractivity contribution in [2.24, 2.45) is 5.92 Å². The SMILES string of the molecule is COC(=O)[C@@H]1C2C(O)CC(C[C@H]1c1ccc(Cl)c(Cl)c1)N2C. The second-order valence-corrected chi connectivity index (χ2v) is 6.99. The van der Waals surface area contributed by atoms with E-state index < -0.39 is 12.0 Å². The van der Waals surface area contributed by atoms with Crippen molar-refractivity contribution in [1.29, 1.82) is 0 Å². The fourth-order valence-corrected chi connectivity index (χ4v) is 4.36. The molecule has 1 aromatic rings. The number of fused-ring (bicyclic) bond motifs is 2. The molecular formula is C16H19Cl2NO3. The number of nitrogens with zero attached hydrogens (tertiary/aromatic N) is 1. The third-order valence-corrected chi connectivity index (χ3v) is 5.87. The van der Waals surface area contributed by atoms with E-state index in [9.17, 15) is 9.90 Å². The van der Waals surface area contributed by atoms with E-state index >= 15 is 0 Å². The smallest absolute Gasteiger partial charge is 0.310 e. The second kappa shape index (κ2) is 6.00. The Balaban J connectivity index is 2.01. The summed E-state index contributed by atoms with van der Waals surface area (Å²) in [6.07, 6.45) is 0.973. The van der Waals surface area contributed by atoms with Crippen molar-refractivity contribution in [2.75, 3.05) is 14.2 Å². The average Bonchev–Trinajstić information content (AvgIpc) is 2.68. The summed E-state index contributed by atoms with van der Waals surface area (Å²) in [7, 11) is 3.36. The third-order valence-electron chi connectivity index (χ3n) is 5.13. The lowest BCUT2D eigenvalue weighted by atomic mass is 9.76. The van der Waals surface area contributed by atoms with Crippen molar-refractivity contribution in [3.8, 4) is 0 Å². The van der Waals surface area contributed by atoms with Crippen molar-refractivity contribution in [3.05, 3.63) is 33.8 Å². The highest BCUT2D eigenvalue weighted by molar-refractivity contribution is 6.42. The highest BCUT2D eigenvalue weighted by atomic mass is 35.5. The first-order valence-corrected chi connectivity index (χ1v) is 8.12. The molecule has 2 aliphatic heterocycles. The molecule has 3 rings (SSSR count). The zero-order valence-electron chi connectivity index (χ0n) is 12.5. The minimum Gasteiger partial charge on any atom is -0.469 e. The van der Waals surface area contributed by atoms with Crippen LogP contribution < -0.4 is 0 Å². The number of carbonyl (C=O) groups is 1. The van der Waals surface area contributed by atoms with Crippen LogP contribution in [0, 0.1) is 5.92 Å². The third kappa shape index (κ3) is 2.52. The molecule has 3 unspecified atom stereocenters. The van der Waals surface area contributed by atoms with Crippen molar-refractivity contribution in [1.82, 2.24) is 4.90 Å². The summed E-state index contributed by atoms with van der Waals surface area (Å²) in [6, 6.07) is 5.53. The number of hydrogen-bond donors (Lipinski definition) is 1. The predicted octanol–water partition coefficient (Wildman–Crippen LogP) is 2.70. The number of benzene rings is 1. The van der Waals surface area contributed by atoms with E-state index in [1.807, 2.05) is 19.2 Å². The molecular weight excluding hydrogens is 325 g/mol. The Labute approximate surface area is 140 Å². The number of carbonyl (C=O) groups excluding carboxylic acids is 1. The molecule has 22 heavy (non-hydrogen) atoms. The van der Waals surface area contributed by atoms with Crippen molar-refractivity contribution >= 4 is 29.2 Å². The summed E-state index contributed by atoms with van der Waals surface area (Å²) in [4.78, 5) is 14.5. The van der Waals surface area contributed by atoms with Gasteiger partial charge in [0.25, 0.3) is 0 Å². The molecule has 1 aromatic carbocycles. The molecule has 0 saturated carbocycles. The van der Waals surface area contributed by atoms with Crippen molar-refractivity contribution in [2.45, 2.75) is 36.9 Å². The molecule has 4 nitrogen and oxygen atoms in total. The van der Waals surface area contributed by atoms with Gasteiger partial charge in [0.1, 0.15) is 0 Å². The van der Waals surface area contributed by atoms with Gasteiger partial charge in [0.2, 0.25) is 0 Å². The lowest BCUT2D eigenvalue weighted by Crippen LogP contribution is -2.51. The number of methoxy groups -OCH3 is 1. The number of likely N-dealkylation sites (N-methyl/N-ethyl adjacent to an activating group) is 1. The Morgan fingerprint density at radius 1 is 1.32 bits per heavy atom. The van der Waals surface area contributed by atoms with E-state index in [2.05, 4.69) is 4.90 Å². The van der Waals surface area contributed by atoms with E-state index in [1.165, 1.54) is 7.11 Å². The maximum absolute atomic E-state index is 12.4. The molecule has 2 heterocycles. The molecule has 5 atom stereocenters. The highest BCUT2D eigenvalue weighted by Crippen LogP contribution is 2.47. The number of piperidine rings is 1. The van der Waals surface area contributed by atoms with Crippen LogP contribution in [0.1, 0.15) is 24.3 Å². The Bertz CT molecular complexity index is 595. The normalized spacial score (nSPS) is 34.7.